The molecule has 1 N–H and O–H groups in total. The van der Waals surface area contributed by atoms with E-state index in [4.69, 9.17) is 0 Å². The number of benzene rings is 2. The standard InChI is InChI=1S/C21H22N2O3/c1-13-10-14(2)18(15(3)11-13)17(24)12-23-19(25)21(4,22-20(23)26)16-8-6-5-7-9-16/h5-11H,12H2,1-4H3,(H,22,26). The van der Waals surface area contributed by atoms with Crippen molar-refractivity contribution in [3.05, 3.63) is 70.3 Å². The van der Waals surface area contributed by atoms with Crippen LogP contribution in [0.2, 0.25) is 0 Å². The number of Topliss-reactive ketones (excluding diaryl/α,β-unsaturated/α-hetero) is 1. The fraction of sp³-hybridized carbons (Fsp3) is 0.286. The molecular weight excluding hydrogens is 328 g/mol. The van der Waals surface area contributed by atoms with Gasteiger partial charge in [0.1, 0.15) is 5.54 Å². The number of carbonyl (C=O) groups excluding carboxylic acids is 3. The molecule has 2 aromatic rings. The predicted octanol–water partition coefficient (Wildman–Crippen LogP) is 3.26. The molecule has 1 unspecified atom stereocenters. The number of nitrogens with one attached hydrogen (secondary N) is 1. The Labute approximate surface area is 153 Å². The first-order valence-corrected chi connectivity index (χ1v) is 8.54. The van der Waals surface area contributed by atoms with E-state index >= 15 is 0 Å². The number of hydrogen-bond donors (Lipinski definition) is 1. The van der Waals surface area contributed by atoms with Crippen LogP contribution in [-0.2, 0) is 10.3 Å². The van der Waals surface area contributed by atoms with Crippen molar-refractivity contribution in [3.63, 3.8) is 0 Å². The van der Waals surface area contributed by atoms with Crippen molar-refractivity contribution in [2.24, 2.45) is 0 Å². The minimum Gasteiger partial charge on any atom is -0.319 e. The lowest BCUT2D eigenvalue weighted by atomic mass is 9.92. The van der Waals surface area contributed by atoms with Gasteiger partial charge >= 0.3 is 6.03 Å². The molecule has 1 aliphatic rings. The summed E-state index contributed by atoms with van der Waals surface area (Å²) in [6, 6.07) is 12.4. The van der Waals surface area contributed by atoms with Crippen LogP contribution in [0.5, 0.6) is 0 Å². The molecule has 5 heteroatoms. The van der Waals surface area contributed by atoms with Crippen molar-refractivity contribution in [1.29, 1.82) is 0 Å². The van der Waals surface area contributed by atoms with Gasteiger partial charge in [-0.1, -0.05) is 48.0 Å². The maximum absolute atomic E-state index is 12.9. The van der Waals surface area contributed by atoms with Crippen LogP contribution in [0.15, 0.2) is 42.5 Å². The fourth-order valence-electron chi connectivity index (χ4n) is 3.65. The summed E-state index contributed by atoms with van der Waals surface area (Å²) in [6.07, 6.45) is 0. The molecule has 0 aliphatic carbocycles. The number of amides is 3. The third kappa shape index (κ3) is 2.90. The second-order valence-corrected chi connectivity index (χ2v) is 7.01. The number of urea groups is 1. The van der Waals surface area contributed by atoms with Gasteiger partial charge in [-0.3, -0.25) is 14.5 Å². The van der Waals surface area contributed by atoms with Crippen LogP contribution in [-0.4, -0.2) is 29.2 Å². The number of aryl methyl sites for hydroxylation is 3. The Morgan fingerprint density at radius 3 is 2.19 bits per heavy atom. The Morgan fingerprint density at radius 1 is 1.04 bits per heavy atom. The number of carbonyl (C=O) groups is 3. The minimum absolute atomic E-state index is 0.235. The van der Waals surface area contributed by atoms with Crippen molar-refractivity contribution >= 4 is 17.7 Å². The second-order valence-electron chi connectivity index (χ2n) is 7.01. The molecule has 0 saturated carbocycles. The molecule has 3 amide bonds. The van der Waals surface area contributed by atoms with Crippen molar-refractivity contribution in [1.82, 2.24) is 10.2 Å². The highest BCUT2D eigenvalue weighted by Crippen LogP contribution is 2.29. The Morgan fingerprint density at radius 2 is 1.62 bits per heavy atom. The normalized spacial score (nSPS) is 19.6. The molecule has 1 aliphatic heterocycles. The van der Waals surface area contributed by atoms with Gasteiger partial charge in [0, 0.05) is 5.56 Å². The first kappa shape index (κ1) is 17.9. The maximum atomic E-state index is 12.9. The molecule has 1 heterocycles. The summed E-state index contributed by atoms with van der Waals surface area (Å²) >= 11 is 0. The van der Waals surface area contributed by atoms with Crippen LogP contribution in [0.25, 0.3) is 0 Å². The van der Waals surface area contributed by atoms with Gasteiger partial charge in [0.25, 0.3) is 5.91 Å². The van der Waals surface area contributed by atoms with Crippen LogP contribution in [0.1, 0.15) is 39.5 Å². The average molecular weight is 350 g/mol. The largest absolute Gasteiger partial charge is 0.325 e. The summed E-state index contributed by atoms with van der Waals surface area (Å²) in [4.78, 5) is 39.2. The van der Waals surface area contributed by atoms with Gasteiger partial charge in [-0.25, -0.2) is 4.79 Å². The molecule has 1 fully saturated rings. The van der Waals surface area contributed by atoms with E-state index in [-0.39, 0.29) is 12.3 Å². The zero-order valence-corrected chi connectivity index (χ0v) is 15.4. The Balaban J connectivity index is 1.88. The highest BCUT2D eigenvalue weighted by atomic mass is 16.2. The van der Waals surface area contributed by atoms with Gasteiger partial charge in [-0.2, -0.15) is 0 Å². The fourth-order valence-corrected chi connectivity index (χ4v) is 3.65. The monoisotopic (exact) mass is 350 g/mol. The summed E-state index contributed by atoms with van der Waals surface area (Å²) < 4.78 is 0. The van der Waals surface area contributed by atoms with Gasteiger partial charge in [-0.05, 0) is 44.4 Å². The summed E-state index contributed by atoms with van der Waals surface area (Å²) in [6.45, 7) is 7.10. The van der Waals surface area contributed by atoms with Crippen LogP contribution in [0.4, 0.5) is 4.79 Å². The van der Waals surface area contributed by atoms with Gasteiger partial charge < -0.3 is 5.32 Å². The zero-order valence-electron chi connectivity index (χ0n) is 15.4. The Hall–Kier alpha value is -2.95. The lowest BCUT2D eigenvalue weighted by Crippen LogP contribution is -2.41. The molecule has 5 nitrogen and oxygen atoms in total. The quantitative estimate of drug-likeness (QED) is 0.680. The third-order valence-electron chi connectivity index (χ3n) is 4.88. The zero-order chi connectivity index (χ0) is 19.1. The van der Waals surface area contributed by atoms with Crippen molar-refractivity contribution in [2.75, 3.05) is 6.54 Å². The predicted molar refractivity (Wildman–Crippen MR) is 99.0 cm³/mol. The number of nitrogens with zero attached hydrogens (tertiary/aromatic N) is 1. The number of hydrogen-bond acceptors (Lipinski definition) is 3. The summed E-state index contributed by atoms with van der Waals surface area (Å²) in [5, 5.41) is 2.73. The summed E-state index contributed by atoms with van der Waals surface area (Å²) in [5.41, 5.74) is 2.88. The van der Waals surface area contributed by atoms with E-state index in [9.17, 15) is 14.4 Å². The van der Waals surface area contributed by atoms with E-state index in [1.54, 1.807) is 19.1 Å². The van der Waals surface area contributed by atoms with Crippen LogP contribution in [0.3, 0.4) is 0 Å². The highest BCUT2D eigenvalue weighted by Gasteiger charge is 2.49. The average Bonchev–Trinajstić information content (AvgIpc) is 2.79. The Kier molecular flexibility index (Phi) is 4.40. The van der Waals surface area contributed by atoms with E-state index in [0.29, 0.717) is 11.1 Å². The molecular formula is C21H22N2O3. The van der Waals surface area contributed by atoms with Gasteiger partial charge in [0.15, 0.2) is 5.78 Å². The molecule has 1 atom stereocenters. The minimum atomic E-state index is -1.16. The summed E-state index contributed by atoms with van der Waals surface area (Å²) in [7, 11) is 0. The summed E-state index contributed by atoms with van der Waals surface area (Å²) in [5.74, 6) is -0.648. The highest BCUT2D eigenvalue weighted by molar-refractivity contribution is 6.11. The molecule has 3 rings (SSSR count). The molecule has 0 bridgehead atoms. The molecule has 0 aromatic heterocycles. The molecule has 0 spiro atoms. The van der Waals surface area contributed by atoms with E-state index in [1.165, 1.54) is 0 Å². The first-order valence-electron chi connectivity index (χ1n) is 8.54. The Bertz CT molecular complexity index is 882. The van der Waals surface area contributed by atoms with Crippen LogP contribution >= 0.6 is 0 Å². The first-order chi connectivity index (χ1) is 12.2. The second kappa shape index (κ2) is 6.41. The van der Waals surface area contributed by atoms with Crippen LogP contribution < -0.4 is 5.32 Å². The van der Waals surface area contributed by atoms with E-state index in [0.717, 1.165) is 21.6 Å². The smallest absolute Gasteiger partial charge is 0.319 e. The SMILES string of the molecule is Cc1cc(C)c(C(=O)CN2C(=O)NC(C)(c3ccccc3)C2=O)c(C)c1. The molecule has 134 valence electrons. The number of ketones is 1. The van der Waals surface area contributed by atoms with E-state index in [1.807, 2.05) is 51.1 Å². The third-order valence-corrected chi connectivity index (χ3v) is 4.88. The lowest BCUT2D eigenvalue weighted by Gasteiger charge is -2.22. The van der Waals surface area contributed by atoms with Crippen molar-refractivity contribution in [3.8, 4) is 0 Å². The lowest BCUT2D eigenvalue weighted by molar-refractivity contribution is -0.130. The number of imide groups is 1. The van der Waals surface area contributed by atoms with Gasteiger partial charge in [-0.15, -0.1) is 0 Å². The maximum Gasteiger partial charge on any atom is 0.325 e. The molecule has 0 radical (unpaired) electrons. The molecule has 26 heavy (non-hydrogen) atoms. The van der Waals surface area contributed by atoms with E-state index < -0.39 is 17.5 Å². The molecule has 1 saturated heterocycles. The van der Waals surface area contributed by atoms with Gasteiger partial charge in [0.2, 0.25) is 0 Å². The topological polar surface area (TPSA) is 66.5 Å². The number of rotatable bonds is 4. The van der Waals surface area contributed by atoms with Gasteiger partial charge in [0.05, 0.1) is 6.54 Å². The van der Waals surface area contributed by atoms with Crippen molar-refractivity contribution < 1.29 is 14.4 Å². The van der Waals surface area contributed by atoms with E-state index in [2.05, 4.69) is 5.32 Å². The van der Waals surface area contributed by atoms with Crippen molar-refractivity contribution in [2.45, 2.75) is 33.2 Å². The van der Waals surface area contributed by atoms with Crippen LogP contribution in [0, 0.1) is 20.8 Å². The molecule has 2 aromatic carbocycles.